The van der Waals surface area contributed by atoms with Gasteiger partial charge in [0.05, 0.1) is 0 Å². The van der Waals surface area contributed by atoms with Gasteiger partial charge < -0.3 is 20.6 Å². The molecular formula is C13H21N3O4. The number of amides is 3. The summed E-state index contributed by atoms with van der Waals surface area (Å²) < 4.78 is 0. The lowest BCUT2D eigenvalue weighted by Gasteiger charge is -2.21. The molecular weight excluding hydrogens is 262 g/mol. The van der Waals surface area contributed by atoms with Crippen LogP contribution in [0.15, 0.2) is 0 Å². The molecule has 3 N–H and O–H groups in total. The third-order valence-electron chi connectivity index (χ3n) is 3.60. The van der Waals surface area contributed by atoms with Gasteiger partial charge in [0.25, 0.3) is 0 Å². The first-order chi connectivity index (χ1) is 9.58. The fraction of sp³-hybridized carbons (Fsp3) is 0.769. The number of urea groups is 1. The molecule has 3 amide bonds. The summed E-state index contributed by atoms with van der Waals surface area (Å²) >= 11 is 0. The van der Waals surface area contributed by atoms with Gasteiger partial charge in [-0.15, -0.1) is 0 Å². The molecule has 0 aromatic rings. The van der Waals surface area contributed by atoms with Crippen molar-refractivity contribution in [2.45, 2.75) is 50.6 Å². The van der Waals surface area contributed by atoms with Gasteiger partial charge in [0, 0.05) is 25.6 Å². The summed E-state index contributed by atoms with van der Waals surface area (Å²) in [5.41, 5.74) is 0. The average Bonchev–Trinajstić information content (AvgIpc) is 3.06. The van der Waals surface area contributed by atoms with Crippen molar-refractivity contribution in [2.75, 3.05) is 13.1 Å². The highest BCUT2D eigenvalue weighted by molar-refractivity contribution is 5.83. The molecule has 0 aromatic carbocycles. The van der Waals surface area contributed by atoms with Gasteiger partial charge in [-0.05, 0) is 32.1 Å². The minimum atomic E-state index is -0.957. The molecule has 1 heterocycles. The lowest BCUT2D eigenvalue weighted by Crippen LogP contribution is -2.46. The number of rotatable bonds is 6. The van der Waals surface area contributed by atoms with Crippen LogP contribution in [0.3, 0.4) is 0 Å². The Labute approximate surface area is 117 Å². The van der Waals surface area contributed by atoms with Gasteiger partial charge in [-0.25, -0.2) is 9.59 Å². The summed E-state index contributed by atoms with van der Waals surface area (Å²) in [7, 11) is 0. The molecule has 0 bridgehead atoms. The van der Waals surface area contributed by atoms with Crippen LogP contribution in [0.1, 0.15) is 38.5 Å². The molecule has 7 heteroatoms. The Morgan fingerprint density at radius 2 is 1.95 bits per heavy atom. The molecule has 2 fully saturated rings. The molecule has 7 nitrogen and oxygen atoms in total. The summed E-state index contributed by atoms with van der Waals surface area (Å²) in [6, 6.07) is -0.705. The number of carbonyl (C=O) groups excluding carboxylic acids is 2. The maximum atomic E-state index is 11.8. The van der Waals surface area contributed by atoms with E-state index in [1.807, 2.05) is 0 Å². The lowest BCUT2D eigenvalue weighted by atomic mass is 10.2. The number of nitrogens with zero attached hydrogens (tertiary/aromatic N) is 1. The van der Waals surface area contributed by atoms with E-state index in [4.69, 9.17) is 5.11 Å². The van der Waals surface area contributed by atoms with E-state index in [9.17, 15) is 14.4 Å². The lowest BCUT2D eigenvalue weighted by molar-refractivity contribution is -0.141. The fourth-order valence-corrected chi connectivity index (χ4v) is 2.34. The van der Waals surface area contributed by atoms with E-state index in [-0.39, 0.29) is 11.9 Å². The van der Waals surface area contributed by atoms with Gasteiger partial charge >= 0.3 is 12.0 Å². The van der Waals surface area contributed by atoms with Gasteiger partial charge in [-0.3, -0.25) is 4.79 Å². The third-order valence-corrected chi connectivity index (χ3v) is 3.60. The van der Waals surface area contributed by atoms with Crippen molar-refractivity contribution in [3.63, 3.8) is 0 Å². The number of hydrogen-bond acceptors (Lipinski definition) is 3. The van der Waals surface area contributed by atoms with Crippen LogP contribution in [0.25, 0.3) is 0 Å². The van der Waals surface area contributed by atoms with Crippen LogP contribution in [0.2, 0.25) is 0 Å². The maximum Gasteiger partial charge on any atom is 0.326 e. The molecule has 1 aliphatic heterocycles. The van der Waals surface area contributed by atoms with E-state index < -0.39 is 12.0 Å². The van der Waals surface area contributed by atoms with E-state index in [1.165, 1.54) is 4.90 Å². The number of carboxylic acids is 1. The van der Waals surface area contributed by atoms with Crippen molar-refractivity contribution in [3.05, 3.63) is 0 Å². The van der Waals surface area contributed by atoms with Crippen LogP contribution in [0, 0.1) is 0 Å². The monoisotopic (exact) mass is 283 g/mol. The van der Waals surface area contributed by atoms with Crippen LogP contribution in [0.5, 0.6) is 0 Å². The van der Waals surface area contributed by atoms with Crippen LogP contribution >= 0.6 is 0 Å². The zero-order chi connectivity index (χ0) is 14.5. The Hall–Kier alpha value is -1.79. The fourth-order valence-electron chi connectivity index (χ4n) is 2.34. The molecule has 0 aromatic heterocycles. The van der Waals surface area contributed by atoms with Crippen molar-refractivity contribution in [1.29, 1.82) is 0 Å². The van der Waals surface area contributed by atoms with Gasteiger partial charge in [-0.1, -0.05) is 0 Å². The van der Waals surface area contributed by atoms with E-state index in [0.29, 0.717) is 44.8 Å². The third kappa shape index (κ3) is 4.11. The minimum Gasteiger partial charge on any atom is -0.480 e. The van der Waals surface area contributed by atoms with E-state index in [1.54, 1.807) is 0 Å². The van der Waals surface area contributed by atoms with Gasteiger partial charge in [0.1, 0.15) is 6.04 Å². The predicted molar refractivity (Wildman–Crippen MR) is 71.2 cm³/mol. The van der Waals surface area contributed by atoms with Crippen LogP contribution in [0.4, 0.5) is 4.79 Å². The topological polar surface area (TPSA) is 98.7 Å². The molecule has 1 atom stereocenters. The smallest absolute Gasteiger partial charge is 0.326 e. The zero-order valence-corrected chi connectivity index (χ0v) is 11.4. The van der Waals surface area contributed by atoms with Gasteiger partial charge in [0.15, 0.2) is 0 Å². The van der Waals surface area contributed by atoms with Crippen LogP contribution in [-0.2, 0) is 9.59 Å². The quantitative estimate of drug-likeness (QED) is 0.611. The highest BCUT2D eigenvalue weighted by Gasteiger charge is 2.33. The minimum absolute atomic E-state index is 0.0198. The van der Waals surface area contributed by atoms with E-state index in [2.05, 4.69) is 10.6 Å². The summed E-state index contributed by atoms with van der Waals surface area (Å²) in [4.78, 5) is 35.6. The van der Waals surface area contributed by atoms with Crippen molar-refractivity contribution < 1.29 is 19.5 Å². The summed E-state index contributed by atoms with van der Waals surface area (Å²) in [6.45, 7) is 0.866. The van der Waals surface area contributed by atoms with Crippen molar-refractivity contribution in [3.8, 4) is 0 Å². The summed E-state index contributed by atoms with van der Waals surface area (Å²) in [5, 5.41) is 14.5. The number of aliphatic carboxylic acids is 1. The number of nitrogens with one attached hydrogen (secondary N) is 2. The molecule has 2 rings (SSSR count). The SMILES string of the molecule is O=C(CCCNC(=O)N1CCC[C@@H]1C(=O)O)NC1CC1. The molecule has 0 radical (unpaired) electrons. The van der Waals surface area contributed by atoms with Crippen LogP contribution < -0.4 is 10.6 Å². The molecule has 1 saturated heterocycles. The highest BCUT2D eigenvalue weighted by Crippen LogP contribution is 2.19. The largest absolute Gasteiger partial charge is 0.480 e. The Bertz CT molecular complexity index is 395. The van der Waals surface area contributed by atoms with Crippen molar-refractivity contribution in [2.24, 2.45) is 0 Å². The van der Waals surface area contributed by atoms with Crippen molar-refractivity contribution in [1.82, 2.24) is 15.5 Å². The first kappa shape index (κ1) is 14.6. The summed E-state index contributed by atoms with van der Waals surface area (Å²) in [6.07, 6.45) is 4.30. The molecule has 0 spiro atoms. The maximum absolute atomic E-state index is 11.8. The predicted octanol–water partition coefficient (Wildman–Crippen LogP) is 0.304. The Kier molecular flexibility index (Phi) is 4.81. The molecule has 2 aliphatic rings. The Balaban J connectivity index is 1.61. The second-order valence-corrected chi connectivity index (χ2v) is 5.37. The van der Waals surface area contributed by atoms with Gasteiger partial charge in [-0.2, -0.15) is 0 Å². The molecule has 112 valence electrons. The summed E-state index contributed by atoms with van der Waals surface area (Å²) in [5.74, 6) is -0.937. The van der Waals surface area contributed by atoms with E-state index >= 15 is 0 Å². The first-order valence-corrected chi connectivity index (χ1v) is 7.14. The normalized spacial score (nSPS) is 21.6. The standard InChI is InChI=1S/C13H21N3O4/c17-11(15-9-5-6-9)4-1-7-14-13(20)16-8-2-3-10(16)12(18)19/h9-10H,1-8H2,(H,14,20)(H,15,17)(H,18,19)/t10-/m1/s1. The molecule has 20 heavy (non-hydrogen) atoms. The number of carbonyl (C=O) groups is 3. The number of carboxylic acid groups (broad SMARTS) is 1. The van der Waals surface area contributed by atoms with Crippen molar-refractivity contribution >= 4 is 17.9 Å². The Morgan fingerprint density at radius 1 is 1.20 bits per heavy atom. The number of likely N-dealkylation sites (tertiary alicyclic amines) is 1. The average molecular weight is 283 g/mol. The highest BCUT2D eigenvalue weighted by atomic mass is 16.4. The zero-order valence-electron chi connectivity index (χ0n) is 11.4. The molecule has 0 unspecified atom stereocenters. The first-order valence-electron chi connectivity index (χ1n) is 7.14. The molecule has 1 saturated carbocycles. The molecule has 1 aliphatic carbocycles. The Morgan fingerprint density at radius 3 is 2.60 bits per heavy atom. The second kappa shape index (κ2) is 6.58. The van der Waals surface area contributed by atoms with Gasteiger partial charge in [0.2, 0.25) is 5.91 Å². The van der Waals surface area contributed by atoms with E-state index in [0.717, 1.165) is 12.8 Å². The van der Waals surface area contributed by atoms with Crippen LogP contribution in [-0.4, -0.2) is 53.1 Å². The second-order valence-electron chi connectivity index (χ2n) is 5.37. The number of hydrogen-bond donors (Lipinski definition) is 3.